The second kappa shape index (κ2) is 8.05. The molecular weight excluding hydrogens is 232 g/mol. The zero-order chi connectivity index (χ0) is 13.2. The number of hydrogen-bond donors (Lipinski definition) is 2. The molecule has 98 valence electrons. The van der Waals surface area contributed by atoms with Crippen LogP contribution in [-0.2, 0) is 16.0 Å². The normalized spacial score (nSPS) is 11.1. The second-order valence-corrected chi connectivity index (χ2v) is 3.59. The first-order valence-corrected chi connectivity index (χ1v) is 5.73. The number of nitrogens with two attached hydrogens (primary N) is 1. The summed E-state index contributed by atoms with van der Waals surface area (Å²) in [5.74, 6) is 0.0369. The molecule has 0 aromatic carbocycles. The van der Waals surface area contributed by atoms with E-state index in [4.69, 9.17) is 5.73 Å². The number of aliphatic imine (C=N–C) groups is 1. The Bertz CT molecular complexity index is 392. The van der Waals surface area contributed by atoms with Crippen LogP contribution in [0, 0.1) is 0 Å². The molecule has 0 radical (unpaired) electrons. The number of esters is 1. The highest BCUT2D eigenvalue weighted by Gasteiger charge is 1.98. The maximum atomic E-state index is 10.8. The van der Waals surface area contributed by atoms with Crippen molar-refractivity contribution >= 4 is 11.9 Å². The first kappa shape index (κ1) is 14.0. The van der Waals surface area contributed by atoms with Gasteiger partial charge >= 0.3 is 5.97 Å². The Kier molecular flexibility index (Phi) is 6.24. The molecule has 0 bridgehead atoms. The van der Waals surface area contributed by atoms with Crippen molar-refractivity contribution in [2.24, 2.45) is 10.7 Å². The summed E-state index contributed by atoms with van der Waals surface area (Å²) in [6, 6.07) is 5.77. The summed E-state index contributed by atoms with van der Waals surface area (Å²) in [7, 11) is 1.35. The van der Waals surface area contributed by atoms with Gasteiger partial charge in [-0.1, -0.05) is 6.07 Å². The fourth-order valence-corrected chi connectivity index (χ4v) is 1.29. The smallest absolute Gasteiger partial charge is 0.307 e. The first-order valence-electron chi connectivity index (χ1n) is 5.73. The molecule has 3 N–H and O–H groups in total. The summed E-state index contributed by atoms with van der Waals surface area (Å²) < 4.78 is 4.49. The monoisotopic (exact) mass is 250 g/mol. The Morgan fingerprint density at radius 3 is 3.06 bits per heavy atom. The van der Waals surface area contributed by atoms with Gasteiger partial charge in [0.25, 0.3) is 0 Å². The van der Waals surface area contributed by atoms with Gasteiger partial charge in [-0.2, -0.15) is 0 Å². The summed E-state index contributed by atoms with van der Waals surface area (Å²) in [6.45, 7) is 0.986. The summed E-state index contributed by atoms with van der Waals surface area (Å²) in [5, 5.41) is 2.96. The number of rotatable bonds is 6. The lowest BCUT2D eigenvalue weighted by Crippen LogP contribution is -2.33. The number of pyridine rings is 1. The number of methoxy groups -OCH3 is 1. The molecule has 1 aromatic rings. The van der Waals surface area contributed by atoms with Crippen LogP contribution >= 0.6 is 0 Å². The fraction of sp³-hybridized carbons (Fsp3) is 0.417. The summed E-state index contributed by atoms with van der Waals surface area (Å²) >= 11 is 0. The molecule has 6 nitrogen and oxygen atoms in total. The number of nitrogens with one attached hydrogen (secondary N) is 1. The van der Waals surface area contributed by atoms with Crippen LogP contribution < -0.4 is 11.1 Å². The van der Waals surface area contributed by atoms with E-state index in [0.717, 1.165) is 12.1 Å². The van der Waals surface area contributed by atoms with Crippen molar-refractivity contribution in [2.45, 2.75) is 12.8 Å². The molecule has 1 rings (SSSR count). The van der Waals surface area contributed by atoms with Crippen LogP contribution in [-0.4, -0.2) is 37.1 Å². The first-order chi connectivity index (χ1) is 8.72. The Hall–Kier alpha value is -2.11. The van der Waals surface area contributed by atoms with Crippen molar-refractivity contribution < 1.29 is 9.53 Å². The van der Waals surface area contributed by atoms with Crippen molar-refractivity contribution in [3.63, 3.8) is 0 Å². The van der Waals surface area contributed by atoms with E-state index < -0.39 is 0 Å². The third kappa shape index (κ3) is 5.83. The van der Waals surface area contributed by atoms with E-state index in [1.165, 1.54) is 7.11 Å². The zero-order valence-corrected chi connectivity index (χ0v) is 10.4. The minimum Gasteiger partial charge on any atom is -0.469 e. The standard InChI is InChI=1S/C12H18N4O2/c1-18-11(17)6-9-16-12(13)15-8-5-10-4-2-3-7-14-10/h2-4,7H,5-6,8-9H2,1H3,(H3,13,15,16). The minimum absolute atomic E-state index is 0.235. The molecular formula is C12H18N4O2. The number of hydrogen-bond acceptors (Lipinski definition) is 4. The number of nitrogens with zero attached hydrogens (tertiary/aromatic N) is 2. The lowest BCUT2D eigenvalue weighted by Gasteiger charge is -2.05. The lowest BCUT2D eigenvalue weighted by atomic mass is 10.3. The van der Waals surface area contributed by atoms with Crippen LogP contribution in [0.25, 0.3) is 0 Å². The van der Waals surface area contributed by atoms with Gasteiger partial charge in [-0.15, -0.1) is 0 Å². The Labute approximate surface area is 106 Å². The number of guanidine groups is 1. The van der Waals surface area contributed by atoms with E-state index in [-0.39, 0.29) is 12.4 Å². The van der Waals surface area contributed by atoms with E-state index in [1.807, 2.05) is 18.2 Å². The van der Waals surface area contributed by atoms with E-state index in [2.05, 4.69) is 20.0 Å². The molecule has 6 heteroatoms. The largest absolute Gasteiger partial charge is 0.469 e. The summed E-state index contributed by atoms with van der Waals surface area (Å²) in [5.41, 5.74) is 6.62. The van der Waals surface area contributed by atoms with Gasteiger partial charge in [-0.25, -0.2) is 0 Å². The zero-order valence-electron chi connectivity index (χ0n) is 10.4. The van der Waals surface area contributed by atoms with Gasteiger partial charge in [0.1, 0.15) is 0 Å². The quantitative estimate of drug-likeness (QED) is 0.424. The highest BCUT2D eigenvalue weighted by atomic mass is 16.5. The van der Waals surface area contributed by atoms with Gasteiger partial charge in [-0.3, -0.25) is 14.8 Å². The van der Waals surface area contributed by atoms with Crippen molar-refractivity contribution in [3.05, 3.63) is 30.1 Å². The fourth-order valence-electron chi connectivity index (χ4n) is 1.29. The SMILES string of the molecule is COC(=O)CCN=C(N)NCCc1ccccn1. The highest BCUT2D eigenvalue weighted by molar-refractivity contribution is 5.78. The molecule has 0 aliphatic heterocycles. The van der Waals surface area contributed by atoms with Crippen molar-refractivity contribution in [1.82, 2.24) is 10.3 Å². The molecule has 0 atom stereocenters. The third-order valence-electron chi connectivity index (χ3n) is 2.24. The number of carbonyl (C=O) groups excluding carboxylic acids is 1. The van der Waals surface area contributed by atoms with Crippen LogP contribution in [0.5, 0.6) is 0 Å². The number of carbonyl (C=O) groups is 1. The van der Waals surface area contributed by atoms with Crippen molar-refractivity contribution in [2.75, 3.05) is 20.2 Å². The van der Waals surface area contributed by atoms with Gasteiger partial charge in [0, 0.05) is 24.9 Å². The van der Waals surface area contributed by atoms with Crippen molar-refractivity contribution in [1.29, 1.82) is 0 Å². The molecule has 0 unspecified atom stereocenters. The van der Waals surface area contributed by atoms with Crippen LogP contribution in [0.15, 0.2) is 29.4 Å². The molecule has 0 saturated heterocycles. The van der Waals surface area contributed by atoms with E-state index in [9.17, 15) is 4.79 Å². The molecule has 1 heterocycles. The molecule has 0 amide bonds. The maximum absolute atomic E-state index is 10.8. The van der Waals surface area contributed by atoms with Crippen LogP contribution in [0.2, 0.25) is 0 Å². The van der Waals surface area contributed by atoms with Gasteiger partial charge in [0.2, 0.25) is 0 Å². The van der Waals surface area contributed by atoms with E-state index in [0.29, 0.717) is 19.0 Å². The molecule has 0 aliphatic rings. The number of aromatic nitrogens is 1. The van der Waals surface area contributed by atoms with E-state index in [1.54, 1.807) is 6.20 Å². The summed E-state index contributed by atoms with van der Waals surface area (Å²) in [6.07, 6.45) is 2.76. The molecule has 1 aromatic heterocycles. The van der Waals surface area contributed by atoms with Gasteiger partial charge < -0.3 is 15.8 Å². The number of ether oxygens (including phenoxy) is 1. The Balaban J connectivity index is 2.18. The molecule has 0 fully saturated rings. The highest BCUT2D eigenvalue weighted by Crippen LogP contribution is 1.92. The second-order valence-electron chi connectivity index (χ2n) is 3.59. The topological polar surface area (TPSA) is 89.6 Å². The van der Waals surface area contributed by atoms with Crippen LogP contribution in [0.1, 0.15) is 12.1 Å². The Morgan fingerprint density at radius 2 is 2.39 bits per heavy atom. The predicted molar refractivity (Wildman–Crippen MR) is 69.1 cm³/mol. The minimum atomic E-state index is -0.292. The van der Waals surface area contributed by atoms with Crippen LogP contribution in [0.4, 0.5) is 0 Å². The third-order valence-corrected chi connectivity index (χ3v) is 2.24. The summed E-state index contributed by atoms with van der Waals surface area (Å²) in [4.78, 5) is 19.0. The maximum Gasteiger partial charge on any atom is 0.307 e. The predicted octanol–water partition coefficient (Wildman–Crippen LogP) is 0.0915. The van der Waals surface area contributed by atoms with Gasteiger partial charge in [0.05, 0.1) is 20.1 Å². The molecule has 0 aliphatic carbocycles. The molecule has 0 saturated carbocycles. The average molecular weight is 250 g/mol. The lowest BCUT2D eigenvalue weighted by molar-refractivity contribution is -0.140. The van der Waals surface area contributed by atoms with Gasteiger partial charge in [0.15, 0.2) is 5.96 Å². The van der Waals surface area contributed by atoms with Crippen LogP contribution in [0.3, 0.4) is 0 Å². The molecule has 18 heavy (non-hydrogen) atoms. The molecule has 0 spiro atoms. The van der Waals surface area contributed by atoms with E-state index >= 15 is 0 Å². The van der Waals surface area contributed by atoms with Gasteiger partial charge in [-0.05, 0) is 12.1 Å². The Morgan fingerprint density at radius 1 is 1.56 bits per heavy atom. The van der Waals surface area contributed by atoms with Crippen molar-refractivity contribution in [3.8, 4) is 0 Å². The average Bonchev–Trinajstić information content (AvgIpc) is 2.39.